The maximum absolute atomic E-state index is 4.95. The van der Waals surface area contributed by atoms with Gasteiger partial charge in [0.25, 0.3) is 0 Å². The van der Waals surface area contributed by atoms with Crippen LogP contribution in [-0.4, -0.2) is 50.8 Å². The largest absolute Gasteiger partial charge is 0.306 e. The number of hydrogen-bond acceptors (Lipinski definition) is 6. The Bertz CT molecular complexity index is 721. The minimum Gasteiger partial charge on any atom is -0.306 e. The second kappa shape index (κ2) is 7.42. The Hall–Kier alpha value is -1.83. The van der Waals surface area contributed by atoms with Crippen molar-refractivity contribution in [1.29, 1.82) is 0 Å². The van der Waals surface area contributed by atoms with E-state index in [4.69, 9.17) is 10.1 Å². The molecule has 4 heterocycles. The van der Waals surface area contributed by atoms with Gasteiger partial charge < -0.3 is 4.90 Å². The highest BCUT2D eigenvalue weighted by Crippen LogP contribution is 2.33. The number of hydrazine groups is 1. The first-order valence-corrected chi connectivity index (χ1v) is 9.74. The van der Waals surface area contributed by atoms with Crippen LogP contribution in [0.3, 0.4) is 0 Å². The third-order valence-electron chi connectivity index (χ3n) is 5.89. The molecule has 0 radical (unpaired) electrons. The van der Waals surface area contributed by atoms with E-state index >= 15 is 0 Å². The molecule has 26 heavy (non-hydrogen) atoms. The molecule has 2 aromatic rings. The van der Waals surface area contributed by atoms with Crippen LogP contribution in [0.1, 0.15) is 51.0 Å². The Labute approximate surface area is 155 Å². The standard InChI is InChI=1S/C19H29N7/c1-4-15-13(2)17(23-22-15)19-21-18(16-7-5-6-10-20-16)24-26(19)14-8-11-25(3)12-9-14/h5-7,10,13-15,17,22-23H,4,8-9,11-12H2,1-3H3. The van der Waals surface area contributed by atoms with Gasteiger partial charge in [-0.15, -0.1) is 5.10 Å². The van der Waals surface area contributed by atoms with E-state index in [1.165, 1.54) is 0 Å². The molecule has 2 fully saturated rings. The molecule has 2 aliphatic rings. The number of likely N-dealkylation sites (tertiary alicyclic amines) is 1. The zero-order valence-corrected chi connectivity index (χ0v) is 15.9. The lowest BCUT2D eigenvalue weighted by atomic mass is 9.94. The zero-order chi connectivity index (χ0) is 18.1. The second-order valence-corrected chi connectivity index (χ2v) is 7.63. The molecule has 0 aromatic carbocycles. The van der Waals surface area contributed by atoms with Gasteiger partial charge in [-0.3, -0.25) is 10.4 Å². The SMILES string of the molecule is CCC1NNC(c2nc(-c3ccccn3)nn2C2CCN(C)CC2)C1C. The summed E-state index contributed by atoms with van der Waals surface area (Å²) >= 11 is 0. The van der Waals surface area contributed by atoms with Crippen LogP contribution in [0.4, 0.5) is 0 Å². The molecule has 3 unspecified atom stereocenters. The highest BCUT2D eigenvalue weighted by Gasteiger charge is 2.37. The number of nitrogens with one attached hydrogen (secondary N) is 2. The van der Waals surface area contributed by atoms with Gasteiger partial charge in [0.2, 0.25) is 0 Å². The molecule has 140 valence electrons. The van der Waals surface area contributed by atoms with E-state index in [0.29, 0.717) is 18.0 Å². The third-order valence-corrected chi connectivity index (χ3v) is 5.89. The summed E-state index contributed by atoms with van der Waals surface area (Å²) in [6.07, 6.45) is 5.12. The number of hydrogen-bond donors (Lipinski definition) is 2. The van der Waals surface area contributed by atoms with Crippen molar-refractivity contribution >= 4 is 0 Å². The van der Waals surface area contributed by atoms with Crippen molar-refractivity contribution in [3.63, 3.8) is 0 Å². The molecule has 0 saturated carbocycles. The molecule has 2 saturated heterocycles. The summed E-state index contributed by atoms with van der Waals surface area (Å²) in [5.74, 6) is 2.23. The Morgan fingerprint density at radius 3 is 2.65 bits per heavy atom. The van der Waals surface area contributed by atoms with E-state index in [1.54, 1.807) is 6.20 Å². The minimum atomic E-state index is 0.171. The minimum absolute atomic E-state index is 0.171. The fraction of sp³-hybridized carbons (Fsp3) is 0.632. The van der Waals surface area contributed by atoms with Crippen LogP contribution >= 0.6 is 0 Å². The molecule has 2 aliphatic heterocycles. The molecule has 0 spiro atoms. The molecule has 2 aromatic heterocycles. The van der Waals surface area contributed by atoms with E-state index in [2.05, 4.69) is 46.3 Å². The normalized spacial score (nSPS) is 27.9. The first kappa shape index (κ1) is 17.6. The maximum atomic E-state index is 4.95. The van der Waals surface area contributed by atoms with Gasteiger partial charge in [0, 0.05) is 12.2 Å². The highest BCUT2D eigenvalue weighted by atomic mass is 15.5. The summed E-state index contributed by atoms with van der Waals surface area (Å²) in [6, 6.07) is 6.93. The van der Waals surface area contributed by atoms with Crippen molar-refractivity contribution in [2.24, 2.45) is 5.92 Å². The molecule has 0 amide bonds. The van der Waals surface area contributed by atoms with Gasteiger partial charge in [-0.2, -0.15) is 0 Å². The van der Waals surface area contributed by atoms with Crippen LogP contribution in [-0.2, 0) is 0 Å². The van der Waals surface area contributed by atoms with E-state index in [-0.39, 0.29) is 6.04 Å². The Morgan fingerprint density at radius 2 is 2.00 bits per heavy atom. The smallest absolute Gasteiger partial charge is 0.200 e. The first-order chi connectivity index (χ1) is 12.7. The second-order valence-electron chi connectivity index (χ2n) is 7.63. The van der Waals surface area contributed by atoms with Crippen molar-refractivity contribution in [3.05, 3.63) is 30.2 Å². The lowest BCUT2D eigenvalue weighted by molar-refractivity contribution is 0.206. The van der Waals surface area contributed by atoms with E-state index in [0.717, 1.165) is 49.7 Å². The van der Waals surface area contributed by atoms with E-state index in [1.807, 2.05) is 18.2 Å². The van der Waals surface area contributed by atoms with Gasteiger partial charge in [0.1, 0.15) is 11.5 Å². The van der Waals surface area contributed by atoms with Gasteiger partial charge in [-0.25, -0.2) is 15.1 Å². The molecule has 4 rings (SSSR count). The van der Waals surface area contributed by atoms with Crippen LogP contribution in [0.2, 0.25) is 0 Å². The molecular formula is C19H29N7. The van der Waals surface area contributed by atoms with Crippen molar-refractivity contribution in [3.8, 4) is 11.5 Å². The number of nitrogens with zero attached hydrogens (tertiary/aromatic N) is 5. The van der Waals surface area contributed by atoms with Crippen molar-refractivity contribution in [2.75, 3.05) is 20.1 Å². The van der Waals surface area contributed by atoms with Crippen molar-refractivity contribution < 1.29 is 0 Å². The molecule has 0 aliphatic carbocycles. The van der Waals surface area contributed by atoms with Gasteiger partial charge >= 0.3 is 0 Å². The number of piperidine rings is 1. The van der Waals surface area contributed by atoms with Crippen LogP contribution in [0.15, 0.2) is 24.4 Å². The molecular weight excluding hydrogens is 326 g/mol. The zero-order valence-electron chi connectivity index (χ0n) is 15.9. The molecule has 0 bridgehead atoms. The Kier molecular flexibility index (Phi) is 5.02. The van der Waals surface area contributed by atoms with Gasteiger partial charge in [0.05, 0.1) is 12.1 Å². The molecule has 2 N–H and O–H groups in total. The summed E-state index contributed by atoms with van der Waals surface area (Å²) < 4.78 is 2.19. The number of aromatic nitrogens is 4. The summed E-state index contributed by atoms with van der Waals surface area (Å²) in [4.78, 5) is 11.8. The van der Waals surface area contributed by atoms with Gasteiger partial charge in [-0.05, 0) is 57.5 Å². The van der Waals surface area contributed by atoms with Gasteiger partial charge in [0.15, 0.2) is 5.82 Å². The highest BCUT2D eigenvalue weighted by molar-refractivity contribution is 5.48. The Balaban J connectivity index is 1.70. The van der Waals surface area contributed by atoms with Crippen LogP contribution in [0.25, 0.3) is 11.5 Å². The quantitative estimate of drug-likeness (QED) is 0.876. The van der Waals surface area contributed by atoms with Crippen molar-refractivity contribution in [1.82, 2.24) is 35.5 Å². The monoisotopic (exact) mass is 355 g/mol. The average Bonchev–Trinajstić information content (AvgIpc) is 3.26. The third kappa shape index (κ3) is 3.26. The van der Waals surface area contributed by atoms with Crippen LogP contribution in [0.5, 0.6) is 0 Å². The first-order valence-electron chi connectivity index (χ1n) is 9.74. The lowest BCUT2D eigenvalue weighted by Crippen LogP contribution is -2.34. The lowest BCUT2D eigenvalue weighted by Gasteiger charge is -2.30. The average molecular weight is 355 g/mol. The number of pyridine rings is 1. The van der Waals surface area contributed by atoms with Crippen LogP contribution in [0, 0.1) is 5.92 Å². The number of rotatable bonds is 4. The summed E-state index contributed by atoms with van der Waals surface area (Å²) in [7, 11) is 2.19. The summed E-state index contributed by atoms with van der Waals surface area (Å²) in [5, 5.41) is 4.92. The van der Waals surface area contributed by atoms with Crippen molar-refractivity contribution in [2.45, 2.75) is 51.2 Å². The van der Waals surface area contributed by atoms with E-state index in [9.17, 15) is 0 Å². The molecule has 7 nitrogen and oxygen atoms in total. The molecule has 7 heteroatoms. The van der Waals surface area contributed by atoms with Gasteiger partial charge in [-0.1, -0.05) is 19.9 Å². The van der Waals surface area contributed by atoms with E-state index < -0.39 is 0 Å². The summed E-state index contributed by atoms with van der Waals surface area (Å²) in [6.45, 7) is 6.72. The predicted octanol–water partition coefficient (Wildman–Crippen LogP) is 2.17. The summed E-state index contributed by atoms with van der Waals surface area (Å²) in [5.41, 5.74) is 7.75. The topological polar surface area (TPSA) is 70.9 Å². The van der Waals surface area contributed by atoms with Crippen LogP contribution < -0.4 is 10.9 Å². The fourth-order valence-electron chi connectivity index (χ4n) is 4.12. The maximum Gasteiger partial charge on any atom is 0.200 e. The fourth-order valence-corrected chi connectivity index (χ4v) is 4.12. The molecule has 3 atom stereocenters. The predicted molar refractivity (Wildman–Crippen MR) is 101 cm³/mol. The Morgan fingerprint density at radius 1 is 1.19 bits per heavy atom.